The maximum absolute atomic E-state index is 14.5. The van der Waals surface area contributed by atoms with Crippen molar-refractivity contribution in [3.05, 3.63) is 93.2 Å². The first-order chi connectivity index (χ1) is 16.4. The summed E-state index contributed by atoms with van der Waals surface area (Å²) < 4.78 is 40.3. The fourth-order valence-corrected chi connectivity index (χ4v) is 4.94. The summed E-state index contributed by atoms with van der Waals surface area (Å²) in [4.78, 5) is 26.6. The van der Waals surface area contributed by atoms with E-state index >= 15 is 0 Å². The highest BCUT2D eigenvalue weighted by Gasteiger charge is 2.67. The number of hydrogen-bond donors (Lipinski definition) is 1. The Labute approximate surface area is 218 Å². The van der Waals surface area contributed by atoms with Crippen LogP contribution in [0.4, 0.5) is 24.5 Å². The van der Waals surface area contributed by atoms with Crippen molar-refractivity contribution in [2.45, 2.75) is 10.3 Å². The van der Waals surface area contributed by atoms with Gasteiger partial charge in [-0.3, -0.25) is 9.59 Å². The highest BCUT2D eigenvalue weighted by molar-refractivity contribution is 6.53. The number of alkyl halides is 2. The number of rotatable bonds is 5. The Morgan fingerprint density at radius 3 is 2.29 bits per heavy atom. The molecule has 0 unspecified atom stereocenters. The van der Waals surface area contributed by atoms with Crippen LogP contribution in [0.25, 0.3) is 0 Å². The quantitative estimate of drug-likeness (QED) is 0.334. The molecular weight excluding hydrogens is 547 g/mol. The summed E-state index contributed by atoms with van der Waals surface area (Å²) in [5.74, 6) is -5.61. The highest BCUT2D eigenvalue weighted by Crippen LogP contribution is 2.65. The molecule has 2 atom stereocenters. The Kier molecular flexibility index (Phi) is 6.99. The van der Waals surface area contributed by atoms with Crippen molar-refractivity contribution >= 4 is 69.6 Å². The van der Waals surface area contributed by atoms with E-state index in [1.807, 2.05) is 0 Å². The van der Waals surface area contributed by atoms with E-state index in [1.165, 1.54) is 13.1 Å². The third kappa shape index (κ3) is 4.96. The molecule has 1 fully saturated rings. The summed E-state index contributed by atoms with van der Waals surface area (Å²) in [5, 5.41) is 3.19. The van der Waals surface area contributed by atoms with Crippen LogP contribution >= 0.6 is 46.4 Å². The molecule has 0 bridgehead atoms. The Morgan fingerprint density at radius 1 is 0.914 bits per heavy atom. The van der Waals surface area contributed by atoms with Crippen LogP contribution in [0.3, 0.4) is 0 Å². The first-order valence-electron chi connectivity index (χ1n) is 10.1. The maximum atomic E-state index is 14.5. The minimum absolute atomic E-state index is 0.0941. The molecule has 4 rings (SSSR count). The van der Waals surface area contributed by atoms with Crippen molar-refractivity contribution in [2.24, 2.45) is 5.92 Å². The Hall–Kier alpha value is -2.45. The highest BCUT2D eigenvalue weighted by atomic mass is 35.5. The normalized spacial score (nSPS) is 18.2. The summed E-state index contributed by atoms with van der Waals surface area (Å²) >= 11 is 24.7. The number of nitrogens with zero attached hydrogens (tertiary/aromatic N) is 1. The van der Waals surface area contributed by atoms with Crippen molar-refractivity contribution in [3.8, 4) is 0 Å². The lowest BCUT2D eigenvalue weighted by molar-refractivity contribution is -0.117. The molecule has 1 aliphatic carbocycles. The van der Waals surface area contributed by atoms with Crippen LogP contribution in [0.2, 0.25) is 10.0 Å². The van der Waals surface area contributed by atoms with Gasteiger partial charge in [-0.15, -0.1) is 23.2 Å². The molecule has 0 radical (unpaired) electrons. The lowest BCUT2D eigenvalue weighted by atomic mass is 10.1. The first-order valence-corrected chi connectivity index (χ1v) is 11.6. The van der Waals surface area contributed by atoms with E-state index < -0.39 is 51.0 Å². The second-order valence-electron chi connectivity index (χ2n) is 7.95. The van der Waals surface area contributed by atoms with Crippen LogP contribution < -0.4 is 10.2 Å². The lowest BCUT2D eigenvalue weighted by Crippen LogP contribution is -2.28. The molecule has 35 heavy (non-hydrogen) atoms. The molecule has 3 aromatic carbocycles. The minimum Gasteiger partial charge on any atom is -0.326 e. The Bertz CT molecular complexity index is 1350. The van der Waals surface area contributed by atoms with Gasteiger partial charge in [-0.1, -0.05) is 29.3 Å². The number of benzene rings is 3. The summed E-state index contributed by atoms with van der Waals surface area (Å²) in [6.07, 6.45) is 0. The first kappa shape index (κ1) is 25.6. The topological polar surface area (TPSA) is 49.4 Å². The van der Waals surface area contributed by atoms with Crippen LogP contribution in [-0.2, 0) is 4.79 Å². The molecule has 4 nitrogen and oxygen atoms in total. The van der Waals surface area contributed by atoms with Crippen molar-refractivity contribution in [1.29, 1.82) is 0 Å². The predicted octanol–water partition coefficient (Wildman–Crippen LogP) is 7.21. The monoisotopic (exact) mass is 560 g/mol. The molecule has 0 heterocycles. The van der Waals surface area contributed by atoms with Crippen molar-refractivity contribution < 1.29 is 22.8 Å². The number of hydrogen-bond acceptors (Lipinski definition) is 2. The van der Waals surface area contributed by atoms with Gasteiger partial charge in [-0.2, -0.15) is 0 Å². The molecule has 11 heteroatoms. The minimum atomic E-state index is -1.42. The van der Waals surface area contributed by atoms with Crippen LogP contribution in [0, 0.1) is 23.4 Å². The lowest BCUT2D eigenvalue weighted by Gasteiger charge is -2.19. The largest absolute Gasteiger partial charge is 0.326 e. The van der Waals surface area contributed by atoms with E-state index in [-0.39, 0.29) is 16.4 Å². The van der Waals surface area contributed by atoms with Crippen LogP contribution in [0.1, 0.15) is 21.8 Å². The molecule has 182 valence electrons. The third-order valence-corrected chi connectivity index (χ3v) is 7.36. The molecule has 0 aromatic heterocycles. The van der Waals surface area contributed by atoms with Gasteiger partial charge in [-0.05, 0) is 48.0 Å². The van der Waals surface area contributed by atoms with Crippen LogP contribution in [-0.4, -0.2) is 23.2 Å². The molecule has 0 saturated heterocycles. The number of carbonyl (C=O) groups is 2. The maximum Gasteiger partial charge on any atom is 0.261 e. The van der Waals surface area contributed by atoms with Gasteiger partial charge in [0.1, 0.15) is 21.8 Å². The second-order valence-corrected chi connectivity index (χ2v) is 10.2. The standard InChI is InChI=1S/C24H15Cl4F3N2O2/c1-33(19-7-3-12(29)9-18(19)31)23(35)14-10-13(4-6-17(14)30)32-22(34)21-20(24(21,27)28)11-2-5-15(25)16(26)8-11/h2-10,20-21H,1H3,(H,32,34)/t20-,21+/m1/s1. The molecule has 0 spiro atoms. The average molecular weight is 562 g/mol. The van der Waals surface area contributed by atoms with Gasteiger partial charge < -0.3 is 10.2 Å². The van der Waals surface area contributed by atoms with Gasteiger partial charge in [0.2, 0.25) is 5.91 Å². The van der Waals surface area contributed by atoms with Crippen molar-refractivity contribution in [2.75, 3.05) is 17.3 Å². The number of nitrogens with one attached hydrogen (secondary N) is 1. The van der Waals surface area contributed by atoms with E-state index in [9.17, 15) is 22.8 Å². The molecule has 0 aliphatic heterocycles. The van der Waals surface area contributed by atoms with E-state index in [4.69, 9.17) is 46.4 Å². The number of carbonyl (C=O) groups excluding carboxylic acids is 2. The molecule has 1 saturated carbocycles. The SMILES string of the molecule is CN(C(=O)c1cc(NC(=O)[C@@H]2[C@@H](c3ccc(Cl)c(Cl)c3)C2(Cl)Cl)ccc1F)c1ccc(F)cc1F. The van der Waals surface area contributed by atoms with Gasteiger partial charge in [-0.25, -0.2) is 13.2 Å². The number of anilines is 2. The summed E-state index contributed by atoms with van der Waals surface area (Å²) in [7, 11) is 1.21. The molecule has 3 aromatic rings. The zero-order valence-corrected chi connectivity index (χ0v) is 20.8. The van der Waals surface area contributed by atoms with E-state index in [0.29, 0.717) is 16.7 Å². The number of halogens is 7. The summed E-state index contributed by atoms with van der Waals surface area (Å²) in [6, 6.07) is 10.8. The second kappa shape index (κ2) is 9.54. The zero-order valence-electron chi connectivity index (χ0n) is 17.8. The zero-order chi connectivity index (χ0) is 25.7. The third-order valence-electron chi connectivity index (χ3n) is 5.68. The van der Waals surface area contributed by atoms with Crippen LogP contribution in [0.5, 0.6) is 0 Å². The summed E-state index contributed by atoms with van der Waals surface area (Å²) in [6.45, 7) is 0. The number of amides is 2. The molecule has 1 N–H and O–H groups in total. The van der Waals surface area contributed by atoms with Gasteiger partial charge in [0, 0.05) is 24.7 Å². The Balaban J connectivity index is 1.54. The molecular formula is C24H15Cl4F3N2O2. The van der Waals surface area contributed by atoms with E-state index in [0.717, 1.165) is 29.2 Å². The molecule has 1 aliphatic rings. The van der Waals surface area contributed by atoms with Crippen molar-refractivity contribution in [3.63, 3.8) is 0 Å². The van der Waals surface area contributed by atoms with Gasteiger partial charge in [0.15, 0.2) is 0 Å². The fourth-order valence-electron chi connectivity index (χ4n) is 3.80. The van der Waals surface area contributed by atoms with Gasteiger partial charge in [0.25, 0.3) is 5.91 Å². The van der Waals surface area contributed by atoms with Crippen LogP contribution in [0.15, 0.2) is 54.6 Å². The summed E-state index contributed by atoms with van der Waals surface area (Å²) in [5.41, 5.74) is 0.0229. The predicted molar refractivity (Wildman–Crippen MR) is 131 cm³/mol. The van der Waals surface area contributed by atoms with Gasteiger partial charge in [0.05, 0.1) is 27.2 Å². The van der Waals surface area contributed by atoms with E-state index in [1.54, 1.807) is 18.2 Å². The fraction of sp³-hybridized carbons (Fsp3) is 0.167. The molecule has 2 amide bonds. The van der Waals surface area contributed by atoms with Crippen molar-refractivity contribution in [1.82, 2.24) is 0 Å². The smallest absolute Gasteiger partial charge is 0.261 e. The van der Waals surface area contributed by atoms with Gasteiger partial charge >= 0.3 is 0 Å². The van der Waals surface area contributed by atoms with E-state index in [2.05, 4.69) is 5.32 Å². The average Bonchev–Trinajstić information content (AvgIpc) is 3.38. The Morgan fingerprint density at radius 2 is 1.63 bits per heavy atom.